The molecule has 98 valence electrons. The van der Waals surface area contributed by atoms with Crippen LogP contribution in [0.2, 0.25) is 0 Å². The number of rotatable bonds is 8. The lowest BCUT2D eigenvalue weighted by molar-refractivity contribution is 0.219. The Morgan fingerprint density at radius 1 is 1.35 bits per heavy atom. The molecule has 0 saturated heterocycles. The molecule has 0 radical (unpaired) electrons. The Bertz CT molecular complexity index is 282. The van der Waals surface area contributed by atoms with Gasteiger partial charge in [-0.25, -0.2) is 0 Å². The number of nitrogens with one attached hydrogen (secondary N) is 1. The molecule has 1 N–H and O–H groups in total. The fraction of sp³-hybridized carbons (Fsp3) is 0.714. The summed E-state index contributed by atoms with van der Waals surface area (Å²) in [6.07, 6.45) is 1.74. The molecule has 0 saturated carbocycles. The Morgan fingerprint density at radius 2 is 2.12 bits per heavy atom. The van der Waals surface area contributed by atoms with Gasteiger partial charge in [-0.05, 0) is 31.1 Å². The molecule has 0 amide bonds. The zero-order valence-electron chi connectivity index (χ0n) is 11.6. The summed E-state index contributed by atoms with van der Waals surface area (Å²) in [6.45, 7) is 13.0. The quantitative estimate of drug-likeness (QED) is 0.755. The summed E-state index contributed by atoms with van der Waals surface area (Å²) in [4.78, 5) is 2.42. The maximum Gasteiger partial charge on any atom is 0.117 e. The maximum atomic E-state index is 5.39. The molecule has 0 bridgehead atoms. The van der Waals surface area contributed by atoms with Crippen molar-refractivity contribution in [3.05, 3.63) is 24.2 Å². The minimum absolute atomic E-state index is 0.567. The zero-order valence-corrected chi connectivity index (χ0v) is 11.6. The average molecular weight is 238 g/mol. The fourth-order valence-electron chi connectivity index (χ4n) is 1.87. The van der Waals surface area contributed by atoms with Gasteiger partial charge >= 0.3 is 0 Å². The van der Waals surface area contributed by atoms with Crippen LogP contribution in [-0.2, 0) is 6.54 Å². The lowest BCUT2D eigenvalue weighted by Crippen LogP contribution is -2.35. The molecule has 1 atom stereocenters. The third-order valence-corrected chi connectivity index (χ3v) is 2.85. The van der Waals surface area contributed by atoms with Gasteiger partial charge in [0.25, 0.3) is 0 Å². The van der Waals surface area contributed by atoms with Crippen molar-refractivity contribution in [2.24, 2.45) is 5.92 Å². The van der Waals surface area contributed by atoms with E-state index in [9.17, 15) is 0 Å². The van der Waals surface area contributed by atoms with Gasteiger partial charge in [0.2, 0.25) is 0 Å². The molecule has 0 aliphatic carbocycles. The lowest BCUT2D eigenvalue weighted by Gasteiger charge is -2.24. The van der Waals surface area contributed by atoms with Crippen LogP contribution in [0.3, 0.4) is 0 Å². The third-order valence-electron chi connectivity index (χ3n) is 2.85. The molecule has 1 rings (SSSR count). The van der Waals surface area contributed by atoms with Crippen LogP contribution < -0.4 is 5.32 Å². The molecular formula is C14H26N2O. The molecule has 17 heavy (non-hydrogen) atoms. The Morgan fingerprint density at radius 3 is 2.65 bits per heavy atom. The van der Waals surface area contributed by atoms with Crippen LogP contribution in [0.25, 0.3) is 0 Å². The summed E-state index contributed by atoms with van der Waals surface area (Å²) in [5.74, 6) is 1.71. The van der Waals surface area contributed by atoms with E-state index >= 15 is 0 Å². The highest BCUT2D eigenvalue weighted by molar-refractivity contribution is 4.97. The number of hydrogen-bond donors (Lipinski definition) is 1. The topological polar surface area (TPSA) is 28.4 Å². The van der Waals surface area contributed by atoms with Gasteiger partial charge in [0, 0.05) is 12.6 Å². The monoisotopic (exact) mass is 238 g/mol. The zero-order chi connectivity index (χ0) is 12.7. The second-order valence-corrected chi connectivity index (χ2v) is 5.08. The van der Waals surface area contributed by atoms with E-state index in [1.54, 1.807) is 6.26 Å². The molecule has 0 aromatic carbocycles. The molecule has 1 aromatic rings. The van der Waals surface area contributed by atoms with Gasteiger partial charge in [-0.3, -0.25) is 4.90 Å². The van der Waals surface area contributed by atoms with E-state index in [4.69, 9.17) is 4.42 Å². The summed E-state index contributed by atoms with van der Waals surface area (Å²) in [6, 6.07) is 4.56. The summed E-state index contributed by atoms with van der Waals surface area (Å²) >= 11 is 0. The van der Waals surface area contributed by atoms with Crippen molar-refractivity contribution >= 4 is 0 Å². The van der Waals surface area contributed by atoms with E-state index < -0.39 is 0 Å². The van der Waals surface area contributed by atoms with E-state index in [-0.39, 0.29) is 0 Å². The van der Waals surface area contributed by atoms with Crippen LogP contribution in [0.4, 0.5) is 0 Å². The first kappa shape index (κ1) is 14.3. The summed E-state index contributed by atoms with van der Waals surface area (Å²) < 4.78 is 5.39. The fourth-order valence-corrected chi connectivity index (χ4v) is 1.87. The van der Waals surface area contributed by atoms with Gasteiger partial charge in [0.15, 0.2) is 0 Å². The Kier molecular flexibility index (Phi) is 6.30. The molecule has 1 unspecified atom stereocenters. The molecule has 0 fully saturated rings. The van der Waals surface area contributed by atoms with Crippen molar-refractivity contribution in [1.29, 1.82) is 0 Å². The summed E-state index contributed by atoms with van der Waals surface area (Å²) in [5.41, 5.74) is 0. The molecule has 1 heterocycles. The van der Waals surface area contributed by atoms with Gasteiger partial charge in [-0.15, -0.1) is 0 Å². The highest BCUT2D eigenvalue weighted by atomic mass is 16.3. The van der Waals surface area contributed by atoms with Gasteiger partial charge in [-0.1, -0.05) is 27.7 Å². The van der Waals surface area contributed by atoms with E-state index in [0.29, 0.717) is 12.0 Å². The first-order valence-electron chi connectivity index (χ1n) is 6.60. The average Bonchev–Trinajstić information content (AvgIpc) is 2.78. The van der Waals surface area contributed by atoms with Crippen molar-refractivity contribution in [3.63, 3.8) is 0 Å². The normalized spacial score (nSPS) is 13.5. The summed E-state index contributed by atoms with van der Waals surface area (Å²) in [7, 11) is 0. The molecule has 3 nitrogen and oxygen atoms in total. The third kappa shape index (κ3) is 5.89. The first-order valence-corrected chi connectivity index (χ1v) is 6.60. The SMILES string of the molecule is CCN(Cc1ccco1)CC(C)CNC(C)C. The van der Waals surface area contributed by atoms with Crippen LogP contribution in [0.15, 0.2) is 22.8 Å². The molecule has 0 aliphatic heterocycles. The Hall–Kier alpha value is -0.800. The van der Waals surface area contributed by atoms with Crippen LogP contribution in [0.1, 0.15) is 33.5 Å². The molecular weight excluding hydrogens is 212 g/mol. The smallest absolute Gasteiger partial charge is 0.117 e. The first-order chi connectivity index (χ1) is 8.11. The van der Waals surface area contributed by atoms with Crippen LogP contribution >= 0.6 is 0 Å². The van der Waals surface area contributed by atoms with Crippen LogP contribution in [0, 0.1) is 5.92 Å². The van der Waals surface area contributed by atoms with Crippen molar-refractivity contribution < 1.29 is 4.42 Å². The predicted octanol–water partition coefficient (Wildman–Crippen LogP) is 2.74. The van der Waals surface area contributed by atoms with Crippen molar-refractivity contribution in [1.82, 2.24) is 10.2 Å². The van der Waals surface area contributed by atoms with E-state index in [2.05, 4.69) is 37.9 Å². The number of nitrogens with zero attached hydrogens (tertiary/aromatic N) is 1. The lowest BCUT2D eigenvalue weighted by atomic mass is 10.1. The van der Waals surface area contributed by atoms with Gasteiger partial charge in [0.1, 0.15) is 5.76 Å². The Labute approximate surface area is 105 Å². The van der Waals surface area contributed by atoms with E-state index in [1.807, 2.05) is 12.1 Å². The van der Waals surface area contributed by atoms with Crippen LogP contribution in [-0.4, -0.2) is 30.6 Å². The second kappa shape index (κ2) is 7.51. The van der Waals surface area contributed by atoms with Crippen molar-refractivity contribution in [2.75, 3.05) is 19.6 Å². The highest BCUT2D eigenvalue weighted by Gasteiger charge is 2.10. The molecule has 0 spiro atoms. The minimum atomic E-state index is 0.567. The highest BCUT2D eigenvalue weighted by Crippen LogP contribution is 2.07. The molecule has 1 aromatic heterocycles. The molecule has 3 heteroatoms. The van der Waals surface area contributed by atoms with E-state index in [0.717, 1.165) is 31.9 Å². The van der Waals surface area contributed by atoms with Gasteiger partial charge in [-0.2, -0.15) is 0 Å². The van der Waals surface area contributed by atoms with Crippen molar-refractivity contribution in [3.8, 4) is 0 Å². The minimum Gasteiger partial charge on any atom is -0.468 e. The van der Waals surface area contributed by atoms with E-state index in [1.165, 1.54) is 0 Å². The Balaban J connectivity index is 2.30. The van der Waals surface area contributed by atoms with Gasteiger partial charge in [0.05, 0.1) is 12.8 Å². The number of furan rings is 1. The summed E-state index contributed by atoms with van der Waals surface area (Å²) in [5, 5.41) is 3.48. The van der Waals surface area contributed by atoms with Crippen molar-refractivity contribution in [2.45, 2.75) is 40.3 Å². The predicted molar refractivity (Wildman–Crippen MR) is 72.0 cm³/mol. The number of hydrogen-bond acceptors (Lipinski definition) is 3. The maximum absolute atomic E-state index is 5.39. The largest absolute Gasteiger partial charge is 0.468 e. The van der Waals surface area contributed by atoms with Crippen LogP contribution in [0.5, 0.6) is 0 Å². The van der Waals surface area contributed by atoms with Gasteiger partial charge < -0.3 is 9.73 Å². The molecule has 0 aliphatic rings. The standard InChI is InChI=1S/C14H26N2O/c1-5-16(11-14-7-6-8-17-14)10-13(4)9-15-12(2)3/h6-8,12-13,15H,5,9-11H2,1-4H3. The second-order valence-electron chi connectivity index (χ2n) is 5.08.